The zero-order valence-electron chi connectivity index (χ0n) is 17.7. The Balaban J connectivity index is 1.70. The Hall–Kier alpha value is -4.44. The van der Waals surface area contributed by atoms with E-state index in [-0.39, 0.29) is 24.3 Å². The van der Waals surface area contributed by atoms with Gasteiger partial charge in [0.05, 0.1) is 27.0 Å². The number of rotatable bonds is 4. The predicted octanol–water partition coefficient (Wildman–Crippen LogP) is 3.86. The Morgan fingerprint density at radius 1 is 0.941 bits per heavy atom. The molecule has 0 fully saturated rings. The highest BCUT2D eigenvalue weighted by molar-refractivity contribution is 6.11. The number of hydrazone groups is 1. The van der Waals surface area contributed by atoms with Crippen LogP contribution in [0.25, 0.3) is 0 Å². The smallest absolute Gasteiger partial charge is 0.301 e. The summed E-state index contributed by atoms with van der Waals surface area (Å²) in [7, 11) is 0. The number of nitrogens with zero attached hydrogens (tertiary/aromatic N) is 4. The molecule has 1 aliphatic heterocycles. The van der Waals surface area contributed by atoms with Crippen LogP contribution in [0.1, 0.15) is 27.9 Å². The lowest BCUT2D eigenvalue weighted by molar-refractivity contribution is -0.393. The van der Waals surface area contributed by atoms with Gasteiger partial charge in [0.2, 0.25) is 0 Å². The van der Waals surface area contributed by atoms with Crippen LogP contribution in [0.2, 0.25) is 0 Å². The summed E-state index contributed by atoms with van der Waals surface area (Å²) in [5, 5.41) is 40.1. The molecule has 0 radical (unpaired) electrons. The Bertz CT molecular complexity index is 1370. The van der Waals surface area contributed by atoms with Gasteiger partial charge in [-0.05, 0) is 23.6 Å². The quantitative estimate of drug-likeness (QED) is 0.462. The van der Waals surface area contributed by atoms with Crippen molar-refractivity contribution in [3.63, 3.8) is 0 Å². The van der Waals surface area contributed by atoms with Crippen LogP contribution in [0.5, 0.6) is 0 Å². The van der Waals surface area contributed by atoms with Gasteiger partial charge in [0, 0.05) is 18.1 Å². The molecule has 0 saturated heterocycles. The lowest BCUT2D eigenvalue weighted by atomic mass is 9.74. The lowest BCUT2D eigenvalue weighted by Gasteiger charge is -2.42. The second-order valence-corrected chi connectivity index (χ2v) is 8.31. The lowest BCUT2D eigenvalue weighted by Crippen LogP contribution is -2.54. The molecule has 0 bridgehead atoms. The number of aliphatic hydroxyl groups is 1. The zero-order valence-corrected chi connectivity index (χ0v) is 17.7. The first-order valence-electron chi connectivity index (χ1n) is 10.5. The van der Waals surface area contributed by atoms with Crippen molar-refractivity contribution in [1.82, 2.24) is 0 Å². The summed E-state index contributed by atoms with van der Waals surface area (Å²) < 4.78 is 0. The SMILES string of the molecule is O=C1c2ccccc2C[C@]12CC(c1ccccc1)=NN(c1ccc([N+](=O)[O-])cc1[N+](=O)[O-])C2O. The number of benzene rings is 3. The van der Waals surface area contributed by atoms with Crippen molar-refractivity contribution in [2.45, 2.75) is 19.1 Å². The van der Waals surface area contributed by atoms with E-state index in [2.05, 4.69) is 5.10 Å². The van der Waals surface area contributed by atoms with Crippen molar-refractivity contribution in [2.75, 3.05) is 5.01 Å². The number of hydrogen-bond acceptors (Lipinski definition) is 8. The molecule has 3 aromatic rings. The van der Waals surface area contributed by atoms with E-state index in [1.165, 1.54) is 6.07 Å². The van der Waals surface area contributed by atoms with E-state index in [9.17, 15) is 30.1 Å². The molecule has 0 aromatic heterocycles. The number of aliphatic hydroxyl groups excluding tert-OH is 1. The Morgan fingerprint density at radius 2 is 1.65 bits per heavy atom. The minimum Gasteiger partial charge on any atom is -0.371 e. The van der Waals surface area contributed by atoms with E-state index in [0.717, 1.165) is 22.7 Å². The first kappa shape index (κ1) is 21.4. The molecular formula is C24H18N4O6. The van der Waals surface area contributed by atoms with Crippen molar-refractivity contribution < 1.29 is 19.7 Å². The number of ketones is 1. The van der Waals surface area contributed by atoms with Crippen LogP contribution < -0.4 is 5.01 Å². The van der Waals surface area contributed by atoms with Gasteiger partial charge in [-0.2, -0.15) is 5.10 Å². The van der Waals surface area contributed by atoms with Crippen molar-refractivity contribution in [3.05, 3.63) is 110 Å². The van der Waals surface area contributed by atoms with Crippen LogP contribution in [0.3, 0.4) is 0 Å². The number of Topliss-reactive ketones (excluding diaryl/α,β-unsaturated/α-hetero) is 1. The molecule has 1 aliphatic carbocycles. The third-order valence-corrected chi connectivity index (χ3v) is 6.38. The maximum absolute atomic E-state index is 13.6. The van der Waals surface area contributed by atoms with Crippen LogP contribution in [0.4, 0.5) is 17.1 Å². The number of non-ortho nitro benzene ring substituents is 1. The van der Waals surface area contributed by atoms with Crippen LogP contribution in [0, 0.1) is 25.6 Å². The molecule has 0 saturated carbocycles. The Kier molecular flexibility index (Phi) is 4.94. The summed E-state index contributed by atoms with van der Waals surface area (Å²) >= 11 is 0. The first-order valence-corrected chi connectivity index (χ1v) is 10.5. The Morgan fingerprint density at radius 3 is 2.32 bits per heavy atom. The minimum atomic E-state index is -1.53. The second-order valence-electron chi connectivity index (χ2n) is 8.31. The van der Waals surface area contributed by atoms with Crippen LogP contribution in [0.15, 0.2) is 77.9 Å². The standard InChI is InChI=1S/C24H18N4O6/c29-22-18-9-5-4-8-16(18)13-24(22)14-19(15-6-2-1-3-7-15)25-26(23(24)30)20-11-10-17(27(31)32)12-21(20)28(33)34/h1-12,23,30H,13-14H2/t23?,24-/m0/s1. The van der Waals surface area contributed by atoms with Crippen molar-refractivity contribution >= 4 is 28.6 Å². The fraction of sp³-hybridized carbons (Fsp3) is 0.167. The molecular weight excluding hydrogens is 440 g/mol. The number of nitro benzene ring substituents is 2. The van der Waals surface area contributed by atoms with Gasteiger partial charge in [-0.25, -0.2) is 5.01 Å². The van der Waals surface area contributed by atoms with Gasteiger partial charge < -0.3 is 5.11 Å². The van der Waals surface area contributed by atoms with Gasteiger partial charge in [0.25, 0.3) is 5.69 Å². The van der Waals surface area contributed by atoms with Crippen molar-refractivity contribution in [2.24, 2.45) is 10.5 Å². The number of hydrogen-bond donors (Lipinski definition) is 1. The topological polar surface area (TPSA) is 139 Å². The van der Waals surface area contributed by atoms with Crippen LogP contribution in [-0.4, -0.2) is 32.7 Å². The number of carbonyl (C=O) groups excluding carboxylic acids is 1. The van der Waals surface area contributed by atoms with E-state index in [1.54, 1.807) is 36.4 Å². The molecule has 10 nitrogen and oxygen atoms in total. The number of anilines is 1. The Labute approximate surface area is 193 Å². The molecule has 2 aliphatic rings. The number of nitro groups is 2. The molecule has 2 atom stereocenters. The normalized spacial score (nSPS) is 21.3. The minimum absolute atomic E-state index is 0.128. The van der Waals surface area contributed by atoms with E-state index >= 15 is 0 Å². The van der Waals surface area contributed by atoms with Gasteiger partial charge in [-0.15, -0.1) is 0 Å². The first-order chi connectivity index (χ1) is 16.3. The fourth-order valence-electron chi connectivity index (χ4n) is 4.72. The molecule has 3 aromatic carbocycles. The van der Waals surface area contributed by atoms with Gasteiger partial charge >= 0.3 is 5.69 Å². The molecule has 10 heteroatoms. The maximum atomic E-state index is 13.6. The second kappa shape index (κ2) is 7.85. The highest BCUT2D eigenvalue weighted by Crippen LogP contribution is 2.48. The third kappa shape index (κ3) is 3.23. The van der Waals surface area contributed by atoms with Crippen LogP contribution in [-0.2, 0) is 6.42 Å². The number of carbonyl (C=O) groups is 1. The third-order valence-electron chi connectivity index (χ3n) is 6.38. The fourth-order valence-corrected chi connectivity index (χ4v) is 4.72. The van der Waals surface area contributed by atoms with Crippen molar-refractivity contribution in [1.29, 1.82) is 0 Å². The van der Waals surface area contributed by atoms with E-state index < -0.39 is 32.9 Å². The predicted molar refractivity (Wildman–Crippen MR) is 123 cm³/mol. The summed E-state index contributed by atoms with van der Waals surface area (Å²) in [6, 6.07) is 19.2. The average molecular weight is 458 g/mol. The van der Waals surface area contributed by atoms with E-state index in [4.69, 9.17) is 0 Å². The van der Waals surface area contributed by atoms with Crippen LogP contribution >= 0.6 is 0 Å². The van der Waals surface area contributed by atoms with E-state index in [0.29, 0.717) is 16.8 Å². The highest BCUT2D eigenvalue weighted by atomic mass is 16.6. The monoisotopic (exact) mass is 458 g/mol. The van der Waals surface area contributed by atoms with Crippen molar-refractivity contribution in [3.8, 4) is 0 Å². The summed E-state index contributed by atoms with van der Waals surface area (Å²) in [6.45, 7) is 0. The molecule has 1 heterocycles. The molecule has 5 rings (SSSR count). The maximum Gasteiger partial charge on any atom is 0.301 e. The zero-order chi connectivity index (χ0) is 24.0. The molecule has 1 N–H and O–H groups in total. The molecule has 34 heavy (non-hydrogen) atoms. The average Bonchev–Trinajstić information content (AvgIpc) is 3.13. The summed E-state index contributed by atoms with van der Waals surface area (Å²) in [4.78, 5) is 35.1. The summed E-state index contributed by atoms with van der Waals surface area (Å²) in [5.74, 6) is -0.270. The molecule has 1 spiro atoms. The molecule has 1 unspecified atom stereocenters. The largest absolute Gasteiger partial charge is 0.371 e. The van der Waals surface area contributed by atoms with Gasteiger partial charge in [0.15, 0.2) is 12.0 Å². The molecule has 0 amide bonds. The number of fused-ring (bicyclic) bond motifs is 1. The summed E-state index contributed by atoms with van der Waals surface area (Å²) in [6.07, 6.45) is -1.17. The van der Waals surface area contributed by atoms with Gasteiger partial charge in [-0.1, -0.05) is 54.6 Å². The van der Waals surface area contributed by atoms with E-state index in [1.807, 2.05) is 18.2 Å². The molecule has 170 valence electrons. The summed E-state index contributed by atoms with van der Waals surface area (Å²) in [5.41, 5.74) is -0.0800. The van der Waals surface area contributed by atoms with Gasteiger partial charge in [-0.3, -0.25) is 25.0 Å². The highest BCUT2D eigenvalue weighted by Gasteiger charge is 2.56. The van der Waals surface area contributed by atoms with Gasteiger partial charge in [0.1, 0.15) is 5.69 Å².